The van der Waals surface area contributed by atoms with E-state index in [-0.39, 0.29) is 18.0 Å². The van der Waals surface area contributed by atoms with E-state index in [4.69, 9.17) is 5.11 Å². The van der Waals surface area contributed by atoms with Crippen molar-refractivity contribution in [3.8, 4) is 0 Å². The van der Waals surface area contributed by atoms with Gasteiger partial charge in [-0.1, -0.05) is 27.2 Å². The van der Waals surface area contributed by atoms with Crippen LogP contribution in [0.3, 0.4) is 0 Å². The quantitative estimate of drug-likeness (QED) is 0.791. The molecule has 0 aromatic heterocycles. The van der Waals surface area contributed by atoms with E-state index < -0.39 is 12.0 Å². The minimum absolute atomic E-state index is 0.0610. The van der Waals surface area contributed by atoms with Crippen molar-refractivity contribution in [3.63, 3.8) is 0 Å². The zero-order chi connectivity index (χ0) is 13.7. The summed E-state index contributed by atoms with van der Waals surface area (Å²) >= 11 is 0. The summed E-state index contributed by atoms with van der Waals surface area (Å²) in [6.45, 7) is 6.56. The highest BCUT2D eigenvalue weighted by atomic mass is 16.4. The number of likely N-dealkylation sites (tertiary alicyclic amines) is 1. The molecule has 0 aromatic carbocycles. The Bertz CT molecular complexity index is 307. The Kier molecular flexibility index (Phi) is 5.44. The summed E-state index contributed by atoms with van der Waals surface area (Å²) in [4.78, 5) is 25.0. The molecule has 1 rings (SSSR count). The van der Waals surface area contributed by atoms with Crippen LogP contribution in [-0.2, 0) is 4.79 Å². The van der Waals surface area contributed by atoms with Crippen molar-refractivity contribution in [2.75, 3.05) is 6.54 Å². The zero-order valence-corrected chi connectivity index (χ0v) is 11.5. The molecule has 5 heteroatoms. The summed E-state index contributed by atoms with van der Waals surface area (Å²) in [5.74, 6) is -1.01. The molecular weight excluding hydrogens is 232 g/mol. The summed E-state index contributed by atoms with van der Waals surface area (Å²) in [7, 11) is 0. The SMILES string of the molecule is CCC(C)C(NC(=O)N1CCCC1CC)C(=O)O. The number of hydrogen-bond donors (Lipinski definition) is 2. The van der Waals surface area contributed by atoms with Gasteiger partial charge in [0.2, 0.25) is 0 Å². The third-order valence-corrected chi connectivity index (χ3v) is 3.87. The maximum Gasteiger partial charge on any atom is 0.326 e. The summed E-state index contributed by atoms with van der Waals surface area (Å²) in [5, 5.41) is 11.8. The fourth-order valence-electron chi connectivity index (χ4n) is 2.43. The molecule has 104 valence electrons. The molecule has 0 aliphatic carbocycles. The van der Waals surface area contributed by atoms with Crippen LogP contribution in [0.25, 0.3) is 0 Å². The molecule has 18 heavy (non-hydrogen) atoms. The molecule has 2 N–H and O–H groups in total. The predicted molar refractivity (Wildman–Crippen MR) is 69.4 cm³/mol. The Hall–Kier alpha value is -1.26. The van der Waals surface area contributed by atoms with E-state index in [9.17, 15) is 9.59 Å². The number of amides is 2. The third-order valence-electron chi connectivity index (χ3n) is 3.87. The lowest BCUT2D eigenvalue weighted by molar-refractivity contribution is -0.140. The van der Waals surface area contributed by atoms with Crippen molar-refractivity contribution in [1.29, 1.82) is 0 Å². The molecular formula is C13H24N2O3. The van der Waals surface area contributed by atoms with Crippen LogP contribution in [0.4, 0.5) is 4.79 Å². The molecule has 3 atom stereocenters. The Morgan fingerprint density at radius 1 is 1.44 bits per heavy atom. The second kappa shape index (κ2) is 6.61. The largest absolute Gasteiger partial charge is 0.480 e. The summed E-state index contributed by atoms with van der Waals surface area (Å²) < 4.78 is 0. The number of aliphatic carboxylic acids is 1. The number of nitrogens with one attached hydrogen (secondary N) is 1. The van der Waals surface area contributed by atoms with Crippen LogP contribution in [0.5, 0.6) is 0 Å². The highest BCUT2D eigenvalue weighted by Crippen LogP contribution is 2.20. The average molecular weight is 256 g/mol. The molecule has 3 unspecified atom stereocenters. The normalized spacial score (nSPS) is 22.6. The molecule has 0 bridgehead atoms. The van der Waals surface area contributed by atoms with Crippen molar-refractivity contribution in [3.05, 3.63) is 0 Å². The van der Waals surface area contributed by atoms with Gasteiger partial charge in [0.15, 0.2) is 0 Å². The van der Waals surface area contributed by atoms with Gasteiger partial charge in [0, 0.05) is 12.6 Å². The maximum absolute atomic E-state index is 12.1. The Balaban J connectivity index is 2.63. The van der Waals surface area contributed by atoms with Crippen LogP contribution < -0.4 is 5.32 Å². The van der Waals surface area contributed by atoms with E-state index in [1.165, 1.54) is 0 Å². The van der Waals surface area contributed by atoms with E-state index >= 15 is 0 Å². The fraction of sp³-hybridized carbons (Fsp3) is 0.846. The van der Waals surface area contributed by atoms with Gasteiger partial charge < -0.3 is 15.3 Å². The topological polar surface area (TPSA) is 69.6 Å². The van der Waals surface area contributed by atoms with Gasteiger partial charge in [0.25, 0.3) is 0 Å². The van der Waals surface area contributed by atoms with Crippen LogP contribution in [0.15, 0.2) is 0 Å². The molecule has 0 spiro atoms. The van der Waals surface area contributed by atoms with Crippen molar-refractivity contribution >= 4 is 12.0 Å². The predicted octanol–water partition coefficient (Wildman–Crippen LogP) is 2.07. The first kappa shape index (κ1) is 14.8. The summed E-state index contributed by atoms with van der Waals surface area (Å²) in [5.41, 5.74) is 0. The van der Waals surface area contributed by atoms with Gasteiger partial charge in [-0.15, -0.1) is 0 Å². The number of carbonyl (C=O) groups is 2. The van der Waals surface area contributed by atoms with Gasteiger partial charge in [-0.2, -0.15) is 0 Å². The van der Waals surface area contributed by atoms with E-state index in [1.807, 2.05) is 13.8 Å². The highest BCUT2D eigenvalue weighted by Gasteiger charge is 2.31. The third kappa shape index (κ3) is 3.37. The van der Waals surface area contributed by atoms with E-state index in [0.717, 1.165) is 32.2 Å². The average Bonchev–Trinajstić information content (AvgIpc) is 2.82. The van der Waals surface area contributed by atoms with Crippen LogP contribution in [0.1, 0.15) is 46.5 Å². The first-order valence-electron chi connectivity index (χ1n) is 6.81. The van der Waals surface area contributed by atoms with Gasteiger partial charge in [-0.3, -0.25) is 0 Å². The minimum atomic E-state index is -0.954. The Morgan fingerprint density at radius 2 is 2.11 bits per heavy atom. The molecule has 0 radical (unpaired) electrons. The minimum Gasteiger partial charge on any atom is -0.480 e. The molecule has 5 nitrogen and oxygen atoms in total. The number of carbonyl (C=O) groups excluding carboxylic acids is 1. The van der Waals surface area contributed by atoms with Crippen molar-refractivity contribution in [1.82, 2.24) is 10.2 Å². The van der Waals surface area contributed by atoms with Crippen LogP contribution in [-0.4, -0.2) is 40.6 Å². The zero-order valence-electron chi connectivity index (χ0n) is 11.5. The lowest BCUT2D eigenvalue weighted by Crippen LogP contribution is -2.51. The molecule has 2 amide bonds. The lowest BCUT2D eigenvalue weighted by Gasteiger charge is -2.27. The van der Waals surface area contributed by atoms with Crippen molar-refractivity contribution in [2.45, 2.75) is 58.5 Å². The lowest BCUT2D eigenvalue weighted by atomic mass is 9.99. The van der Waals surface area contributed by atoms with Gasteiger partial charge in [0.05, 0.1) is 0 Å². The van der Waals surface area contributed by atoms with Gasteiger partial charge in [0.1, 0.15) is 6.04 Å². The van der Waals surface area contributed by atoms with Gasteiger partial charge in [-0.25, -0.2) is 9.59 Å². The van der Waals surface area contributed by atoms with Crippen molar-refractivity contribution < 1.29 is 14.7 Å². The molecule has 1 fully saturated rings. The van der Waals surface area contributed by atoms with E-state index in [0.29, 0.717) is 0 Å². The van der Waals surface area contributed by atoms with Gasteiger partial charge in [-0.05, 0) is 25.2 Å². The number of nitrogens with zero attached hydrogens (tertiary/aromatic N) is 1. The molecule has 1 aliphatic heterocycles. The van der Waals surface area contributed by atoms with Crippen LogP contribution >= 0.6 is 0 Å². The number of hydrogen-bond acceptors (Lipinski definition) is 2. The number of rotatable bonds is 5. The molecule has 1 heterocycles. The number of urea groups is 1. The monoisotopic (exact) mass is 256 g/mol. The fourth-order valence-corrected chi connectivity index (χ4v) is 2.43. The van der Waals surface area contributed by atoms with Crippen LogP contribution in [0.2, 0.25) is 0 Å². The number of carboxylic acids is 1. The maximum atomic E-state index is 12.1. The summed E-state index contributed by atoms with van der Waals surface area (Å²) in [6.07, 6.45) is 3.68. The van der Waals surface area contributed by atoms with Crippen molar-refractivity contribution in [2.24, 2.45) is 5.92 Å². The van der Waals surface area contributed by atoms with E-state index in [2.05, 4.69) is 12.2 Å². The molecule has 0 aromatic rings. The summed E-state index contributed by atoms with van der Waals surface area (Å²) in [6, 6.07) is -0.760. The van der Waals surface area contributed by atoms with E-state index in [1.54, 1.807) is 4.90 Å². The second-order valence-corrected chi connectivity index (χ2v) is 5.05. The molecule has 0 saturated carbocycles. The number of carboxylic acid groups (broad SMARTS) is 1. The highest BCUT2D eigenvalue weighted by molar-refractivity contribution is 5.83. The first-order valence-corrected chi connectivity index (χ1v) is 6.81. The van der Waals surface area contributed by atoms with Crippen LogP contribution in [0, 0.1) is 5.92 Å². The molecule has 1 saturated heterocycles. The second-order valence-electron chi connectivity index (χ2n) is 5.05. The standard InChI is InChI=1S/C13H24N2O3/c1-4-9(3)11(12(16)17)14-13(18)15-8-6-7-10(15)5-2/h9-11H,4-8H2,1-3H3,(H,14,18)(H,16,17). The van der Waals surface area contributed by atoms with Gasteiger partial charge >= 0.3 is 12.0 Å². The first-order chi connectivity index (χ1) is 8.51. The Morgan fingerprint density at radius 3 is 2.61 bits per heavy atom. The Labute approximate surface area is 109 Å². The smallest absolute Gasteiger partial charge is 0.326 e. The molecule has 1 aliphatic rings.